The molecular weight excluding hydrogens is 299 g/mol. The molecule has 23 heavy (non-hydrogen) atoms. The lowest BCUT2D eigenvalue weighted by Crippen LogP contribution is -2.54. The van der Waals surface area contributed by atoms with E-state index < -0.39 is 11.7 Å². The van der Waals surface area contributed by atoms with Crippen molar-refractivity contribution >= 4 is 17.6 Å². The number of nitrogens with one attached hydrogen (secondary N) is 2. The van der Waals surface area contributed by atoms with Crippen LogP contribution in [0.15, 0.2) is 24.3 Å². The Kier molecular flexibility index (Phi) is 5.92. The Morgan fingerprint density at radius 3 is 2.87 bits per heavy atom. The fourth-order valence-corrected chi connectivity index (χ4v) is 2.65. The molecule has 0 bridgehead atoms. The summed E-state index contributed by atoms with van der Waals surface area (Å²) in [6.45, 7) is 3.30. The molecule has 7 heteroatoms. The van der Waals surface area contributed by atoms with E-state index in [1.807, 2.05) is 6.92 Å². The van der Waals surface area contributed by atoms with E-state index in [4.69, 9.17) is 5.73 Å². The number of hydrogen-bond donors (Lipinski definition) is 3. The van der Waals surface area contributed by atoms with Crippen LogP contribution < -0.4 is 16.4 Å². The monoisotopic (exact) mass is 322 g/mol. The number of carbonyl (C=O) groups excluding carboxylic acids is 2. The first kappa shape index (κ1) is 17.2. The molecule has 0 aliphatic carbocycles. The zero-order valence-electron chi connectivity index (χ0n) is 13.2. The van der Waals surface area contributed by atoms with Gasteiger partial charge in [-0.25, -0.2) is 9.18 Å². The molecule has 1 heterocycles. The van der Waals surface area contributed by atoms with Crippen LogP contribution >= 0.6 is 0 Å². The molecule has 0 aromatic heterocycles. The number of piperidine rings is 1. The third-order valence-electron chi connectivity index (χ3n) is 3.76. The highest BCUT2D eigenvalue weighted by Gasteiger charge is 2.32. The Balaban J connectivity index is 1.97. The van der Waals surface area contributed by atoms with Crippen LogP contribution in [0.4, 0.5) is 14.9 Å². The van der Waals surface area contributed by atoms with Gasteiger partial charge in [0, 0.05) is 31.4 Å². The molecule has 1 aliphatic heterocycles. The van der Waals surface area contributed by atoms with Crippen LogP contribution in [0.5, 0.6) is 0 Å². The van der Waals surface area contributed by atoms with Crippen molar-refractivity contribution < 1.29 is 14.0 Å². The van der Waals surface area contributed by atoms with Gasteiger partial charge in [0.05, 0.1) is 5.92 Å². The van der Waals surface area contributed by atoms with E-state index in [2.05, 4.69) is 10.6 Å². The van der Waals surface area contributed by atoms with Gasteiger partial charge in [-0.3, -0.25) is 4.79 Å². The van der Waals surface area contributed by atoms with Crippen LogP contribution in [-0.4, -0.2) is 42.5 Å². The van der Waals surface area contributed by atoms with Crippen molar-refractivity contribution in [3.05, 3.63) is 30.1 Å². The topological polar surface area (TPSA) is 87.5 Å². The Labute approximate surface area is 135 Å². The smallest absolute Gasteiger partial charge is 0.317 e. The second-order valence-corrected chi connectivity index (χ2v) is 5.83. The summed E-state index contributed by atoms with van der Waals surface area (Å²) in [6.07, 6.45) is 1.34. The second kappa shape index (κ2) is 7.92. The molecule has 2 unspecified atom stereocenters. The van der Waals surface area contributed by atoms with Crippen LogP contribution in [0.3, 0.4) is 0 Å². The van der Waals surface area contributed by atoms with Crippen molar-refractivity contribution in [1.82, 2.24) is 10.2 Å². The number of carbonyl (C=O) groups is 2. The van der Waals surface area contributed by atoms with E-state index in [1.165, 1.54) is 18.2 Å². The molecule has 126 valence electrons. The first-order chi connectivity index (χ1) is 11.0. The number of halogens is 1. The van der Waals surface area contributed by atoms with Gasteiger partial charge in [0.15, 0.2) is 0 Å². The molecule has 1 fully saturated rings. The van der Waals surface area contributed by atoms with Crippen LogP contribution in [0, 0.1) is 11.7 Å². The lowest BCUT2D eigenvalue weighted by Gasteiger charge is -2.35. The van der Waals surface area contributed by atoms with Crippen LogP contribution in [0.25, 0.3) is 0 Å². The Hall–Kier alpha value is -2.15. The molecule has 1 saturated heterocycles. The number of likely N-dealkylation sites (tertiary alicyclic amines) is 1. The third-order valence-corrected chi connectivity index (χ3v) is 3.76. The lowest BCUT2D eigenvalue weighted by atomic mass is 9.94. The van der Waals surface area contributed by atoms with Gasteiger partial charge in [0.1, 0.15) is 5.82 Å². The molecule has 0 spiro atoms. The summed E-state index contributed by atoms with van der Waals surface area (Å²) in [4.78, 5) is 26.0. The van der Waals surface area contributed by atoms with Crippen molar-refractivity contribution in [3.63, 3.8) is 0 Å². The van der Waals surface area contributed by atoms with E-state index in [1.54, 1.807) is 11.0 Å². The summed E-state index contributed by atoms with van der Waals surface area (Å²) in [7, 11) is 0. The quantitative estimate of drug-likeness (QED) is 0.785. The molecule has 4 N–H and O–H groups in total. The normalized spacial score (nSPS) is 20.9. The van der Waals surface area contributed by atoms with E-state index in [-0.39, 0.29) is 18.0 Å². The number of nitrogens with zero attached hydrogens (tertiary/aromatic N) is 1. The van der Waals surface area contributed by atoms with E-state index in [0.29, 0.717) is 31.7 Å². The fourth-order valence-electron chi connectivity index (χ4n) is 2.65. The number of benzene rings is 1. The first-order valence-corrected chi connectivity index (χ1v) is 7.84. The molecule has 2 atom stereocenters. The predicted molar refractivity (Wildman–Crippen MR) is 86.4 cm³/mol. The second-order valence-electron chi connectivity index (χ2n) is 5.83. The molecule has 6 nitrogen and oxygen atoms in total. The van der Waals surface area contributed by atoms with E-state index >= 15 is 0 Å². The summed E-state index contributed by atoms with van der Waals surface area (Å²) in [5, 5.41) is 5.47. The number of amides is 3. The maximum Gasteiger partial charge on any atom is 0.317 e. The summed E-state index contributed by atoms with van der Waals surface area (Å²) in [5.41, 5.74) is 6.37. The van der Waals surface area contributed by atoms with Crippen molar-refractivity contribution in [3.8, 4) is 0 Å². The largest absolute Gasteiger partial charge is 0.338 e. The highest BCUT2D eigenvalue weighted by atomic mass is 19.1. The van der Waals surface area contributed by atoms with E-state index in [9.17, 15) is 14.0 Å². The first-order valence-electron chi connectivity index (χ1n) is 7.84. The van der Waals surface area contributed by atoms with Gasteiger partial charge in [-0.15, -0.1) is 0 Å². The molecule has 3 amide bonds. The standard InChI is InChI=1S/C16H23FN4O2/c1-2-6-19-16(23)21-9-11(7-13(18)10-21)15(22)20-14-5-3-4-12(17)8-14/h3-5,8,11,13H,2,6-7,9-10,18H2,1H3,(H,19,23)(H,20,22). The SMILES string of the molecule is CCCNC(=O)N1CC(N)CC(C(=O)Nc2cccc(F)c2)C1. The molecule has 0 radical (unpaired) electrons. The van der Waals surface area contributed by atoms with Gasteiger partial charge < -0.3 is 21.3 Å². The van der Waals surface area contributed by atoms with Gasteiger partial charge in [-0.2, -0.15) is 0 Å². The molecule has 1 aromatic carbocycles. The highest BCUT2D eigenvalue weighted by Crippen LogP contribution is 2.19. The van der Waals surface area contributed by atoms with Gasteiger partial charge in [0.2, 0.25) is 5.91 Å². The van der Waals surface area contributed by atoms with Crippen molar-refractivity contribution in [1.29, 1.82) is 0 Å². The minimum atomic E-state index is -0.413. The van der Waals surface area contributed by atoms with Gasteiger partial charge in [-0.05, 0) is 31.0 Å². The molecule has 1 aromatic rings. The van der Waals surface area contributed by atoms with Gasteiger partial charge in [0.25, 0.3) is 0 Å². The lowest BCUT2D eigenvalue weighted by molar-refractivity contribution is -0.121. The minimum Gasteiger partial charge on any atom is -0.338 e. The average Bonchev–Trinajstić information content (AvgIpc) is 2.52. The van der Waals surface area contributed by atoms with Gasteiger partial charge in [-0.1, -0.05) is 13.0 Å². The summed E-state index contributed by atoms with van der Waals surface area (Å²) in [5.74, 6) is -1.07. The summed E-state index contributed by atoms with van der Waals surface area (Å²) in [6, 6.07) is 5.26. The van der Waals surface area contributed by atoms with Crippen molar-refractivity contribution in [2.24, 2.45) is 11.7 Å². The van der Waals surface area contributed by atoms with Crippen molar-refractivity contribution in [2.45, 2.75) is 25.8 Å². The maximum atomic E-state index is 13.2. The number of nitrogens with two attached hydrogens (primary N) is 1. The van der Waals surface area contributed by atoms with Crippen LogP contribution in [0.1, 0.15) is 19.8 Å². The van der Waals surface area contributed by atoms with Crippen LogP contribution in [0.2, 0.25) is 0 Å². The molecule has 2 rings (SSSR count). The number of hydrogen-bond acceptors (Lipinski definition) is 3. The van der Waals surface area contributed by atoms with Gasteiger partial charge >= 0.3 is 6.03 Å². The zero-order chi connectivity index (χ0) is 16.8. The highest BCUT2D eigenvalue weighted by molar-refractivity contribution is 5.93. The maximum absolute atomic E-state index is 13.2. The van der Waals surface area contributed by atoms with E-state index in [0.717, 1.165) is 6.42 Å². The molecule has 1 aliphatic rings. The predicted octanol–water partition coefficient (Wildman–Crippen LogP) is 1.53. The third kappa shape index (κ3) is 4.92. The van der Waals surface area contributed by atoms with Crippen LogP contribution in [-0.2, 0) is 4.79 Å². The number of urea groups is 1. The molecular formula is C16H23FN4O2. The average molecular weight is 322 g/mol. The Morgan fingerprint density at radius 1 is 1.39 bits per heavy atom. The van der Waals surface area contributed by atoms with Crippen molar-refractivity contribution in [2.75, 3.05) is 25.0 Å². The Morgan fingerprint density at radius 2 is 2.17 bits per heavy atom. The fraction of sp³-hybridized carbons (Fsp3) is 0.500. The summed E-state index contributed by atoms with van der Waals surface area (Å²) < 4.78 is 13.2. The Bertz CT molecular complexity index is 567. The minimum absolute atomic E-state index is 0.203. The number of rotatable bonds is 4. The molecule has 0 saturated carbocycles. The number of anilines is 1. The zero-order valence-corrected chi connectivity index (χ0v) is 13.2. The summed E-state index contributed by atoms with van der Waals surface area (Å²) >= 11 is 0.